The Balaban J connectivity index is 1.75. The van der Waals surface area contributed by atoms with Crippen LogP contribution in [0, 0.1) is 13.8 Å². The molecule has 3 aromatic heterocycles. The molecule has 1 aromatic carbocycles. The van der Waals surface area contributed by atoms with Gasteiger partial charge in [0.25, 0.3) is 5.56 Å². The highest BCUT2D eigenvalue weighted by molar-refractivity contribution is 5.72. The first-order valence-electron chi connectivity index (χ1n) is 8.15. The number of H-pyrrole nitrogens is 1. The van der Waals surface area contributed by atoms with Crippen LogP contribution < -0.4 is 5.56 Å². The van der Waals surface area contributed by atoms with Crippen LogP contribution in [0.25, 0.3) is 16.9 Å². The summed E-state index contributed by atoms with van der Waals surface area (Å²) in [5.41, 5.74) is 5.35. The molecular weight excluding hydrogens is 330 g/mol. The Bertz CT molecular complexity index is 1110. The van der Waals surface area contributed by atoms with Crippen molar-refractivity contribution in [3.8, 4) is 16.9 Å². The van der Waals surface area contributed by atoms with E-state index in [1.54, 1.807) is 10.9 Å². The molecule has 0 saturated carbocycles. The zero-order chi connectivity index (χ0) is 18.1. The number of hydrogen-bond acceptors (Lipinski definition) is 5. The van der Waals surface area contributed by atoms with Crippen molar-refractivity contribution in [2.45, 2.75) is 20.4 Å². The fraction of sp³-hybridized carbons (Fsp3) is 0.167. The van der Waals surface area contributed by atoms with Gasteiger partial charge in [0, 0.05) is 24.0 Å². The Labute approximate surface area is 149 Å². The predicted molar refractivity (Wildman–Crippen MR) is 96.0 cm³/mol. The monoisotopic (exact) mass is 347 g/mol. The lowest BCUT2D eigenvalue weighted by Crippen LogP contribution is -2.10. The van der Waals surface area contributed by atoms with E-state index in [2.05, 4.69) is 44.4 Å². The van der Waals surface area contributed by atoms with E-state index in [-0.39, 0.29) is 5.56 Å². The molecule has 4 rings (SSSR count). The second kappa shape index (κ2) is 6.40. The van der Waals surface area contributed by atoms with Gasteiger partial charge in [0.15, 0.2) is 0 Å². The Hall–Kier alpha value is -3.55. The molecule has 0 fully saturated rings. The number of aromatic nitrogens is 7. The van der Waals surface area contributed by atoms with Crippen molar-refractivity contribution in [1.29, 1.82) is 0 Å². The van der Waals surface area contributed by atoms with E-state index in [1.165, 1.54) is 12.4 Å². The average Bonchev–Trinajstić information content (AvgIpc) is 3.26. The second-order valence-electron chi connectivity index (χ2n) is 6.13. The van der Waals surface area contributed by atoms with Gasteiger partial charge in [-0.1, -0.05) is 16.8 Å². The molecule has 0 saturated heterocycles. The number of rotatable bonds is 4. The SMILES string of the molecule is Cc1cc(C)c(-n2cccn2)c(-c2cn(Cc3cc(=O)[nH]cn3)nn2)c1. The summed E-state index contributed by atoms with van der Waals surface area (Å²) < 4.78 is 3.50. The Morgan fingerprint density at radius 3 is 2.85 bits per heavy atom. The lowest BCUT2D eigenvalue weighted by Gasteiger charge is -2.12. The maximum absolute atomic E-state index is 11.4. The molecule has 0 aliphatic rings. The summed E-state index contributed by atoms with van der Waals surface area (Å²) in [4.78, 5) is 18.1. The molecule has 26 heavy (non-hydrogen) atoms. The lowest BCUT2D eigenvalue weighted by molar-refractivity contribution is 0.636. The van der Waals surface area contributed by atoms with E-state index < -0.39 is 0 Å². The third kappa shape index (κ3) is 3.04. The normalized spacial score (nSPS) is 11.0. The highest BCUT2D eigenvalue weighted by Crippen LogP contribution is 2.29. The summed E-state index contributed by atoms with van der Waals surface area (Å²) in [5.74, 6) is 0. The van der Waals surface area contributed by atoms with E-state index in [4.69, 9.17) is 0 Å². The molecular formula is C18H17N7O. The number of nitrogens with one attached hydrogen (secondary N) is 1. The quantitative estimate of drug-likeness (QED) is 0.608. The van der Waals surface area contributed by atoms with Crippen molar-refractivity contribution >= 4 is 0 Å². The first kappa shape index (κ1) is 15.9. The molecule has 8 heteroatoms. The van der Waals surface area contributed by atoms with E-state index in [0.29, 0.717) is 12.2 Å². The van der Waals surface area contributed by atoms with Gasteiger partial charge in [-0.05, 0) is 31.5 Å². The highest BCUT2D eigenvalue weighted by atomic mass is 16.1. The fourth-order valence-corrected chi connectivity index (χ4v) is 3.02. The van der Waals surface area contributed by atoms with Crippen LogP contribution in [-0.2, 0) is 6.54 Å². The number of aryl methyl sites for hydroxylation is 2. The molecule has 0 aliphatic heterocycles. The van der Waals surface area contributed by atoms with Crippen LogP contribution in [0.15, 0.2) is 54.0 Å². The molecule has 8 nitrogen and oxygen atoms in total. The zero-order valence-electron chi connectivity index (χ0n) is 14.4. The fourth-order valence-electron chi connectivity index (χ4n) is 3.02. The van der Waals surface area contributed by atoms with Gasteiger partial charge >= 0.3 is 0 Å². The second-order valence-corrected chi connectivity index (χ2v) is 6.13. The van der Waals surface area contributed by atoms with E-state index in [9.17, 15) is 4.79 Å². The van der Waals surface area contributed by atoms with Crippen molar-refractivity contribution in [2.75, 3.05) is 0 Å². The summed E-state index contributed by atoms with van der Waals surface area (Å²) >= 11 is 0. The van der Waals surface area contributed by atoms with E-state index >= 15 is 0 Å². The number of aromatic amines is 1. The van der Waals surface area contributed by atoms with Gasteiger partial charge in [-0.25, -0.2) is 14.3 Å². The largest absolute Gasteiger partial charge is 0.313 e. The molecule has 0 amide bonds. The maximum atomic E-state index is 11.4. The van der Waals surface area contributed by atoms with Crippen LogP contribution in [0.4, 0.5) is 0 Å². The van der Waals surface area contributed by atoms with Gasteiger partial charge in [0.2, 0.25) is 0 Å². The number of hydrogen-bond donors (Lipinski definition) is 1. The average molecular weight is 347 g/mol. The first-order chi connectivity index (χ1) is 12.6. The Morgan fingerprint density at radius 2 is 2.08 bits per heavy atom. The van der Waals surface area contributed by atoms with Crippen LogP contribution in [-0.4, -0.2) is 34.7 Å². The minimum absolute atomic E-state index is 0.189. The van der Waals surface area contributed by atoms with E-state index in [0.717, 1.165) is 28.1 Å². The van der Waals surface area contributed by atoms with E-state index in [1.807, 2.05) is 30.1 Å². The summed E-state index contributed by atoms with van der Waals surface area (Å²) in [6.45, 7) is 4.48. The summed E-state index contributed by atoms with van der Waals surface area (Å²) in [6, 6.07) is 7.53. The molecule has 0 unspecified atom stereocenters. The number of benzene rings is 1. The van der Waals surface area contributed by atoms with Crippen LogP contribution in [0.1, 0.15) is 16.8 Å². The topological polar surface area (TPSA) is 94.3 Å². The maximum Gasteiger partial charge on any atom is 0.250 e. The van der Waals surface area contributed by atoms with Gasteiger partial charge in [0.1, 0.15) is 5.69 Å². The van der Waals surface area contributed by atoms with Gasteiger partial charge in [-0.2, -0.15) is 5.10 Å². The van der Waals surface area contributed by atoms with Crippen molar-refractivity contribution < 1.29 is 0 Å². The molecule has 4 aromatic rings. The minimum Gasteiger partial charge on any atom is -0.313 e. The predicted octanol–water partition coefficient (Wildman–Crippen LogP) is 1.88. The first-order valence-corrected chi connectivity index (χ1v) is 8.15. The van der Waals surface area contributed by atoms with Crippen LogP contribution in [0.5, 0.6) is 0 Å². The summed E-state index contributed by atoms with van der Waals surface area (Å²) in [5, 5.41) is 12.9. The van der Waals surface area contributed by atoms with Crippen molar-refractivity contribution in [1.82, 2.24) is 34.7 Å². The van der Waals surface area contributed by atoms with Gasteiger partial charge < -0.3 is 4.98 Å². The molecule has 3 heterocycles. The van der Waals surface area contributed by atoms with Gasteiger partial charge in [-0.15, -0.1) is 5.10 Å². The molecule has 0 aliphatic carbocycles. The molecule has 0 spiro atoms. The van der Waals surface area contributed by atoms with Crippen molar-refractivity contribution in [2.24, 2.45) is 0 Å². The molecule has 0 bridgehead atoms. The molecule has 0 radical (unpaired) electrons. The standard InChI is InChI=1S/C18H17N7O/c1-12-6-13(2)18(25-5-3-4-21-25)15(7-12)16-10-24(23-22-16)9-14-8-17(26)20-11-19-14/h3-8,10-11H,9H2,1-2H3,(H,19,20,26). The van der Waals surface area contributed by atoms with Crippen molar-refractivity contribution in [3.63, 3.8) is 0 Å². The smallest absolute Gasteiger partial charge is 0.250 e. The van der Waals surface area contributed by atoms with Crippen LogP contribution in [0.2, 0.25) is 0 Å². The van der Waals surface area contributed by atoms with Gasteiger partial charge in [-0.3, -0.25) is 4.79 Å². The van der Waals surface area contributed by atoms with Crippen LogP contribution >= 0.6 is 0 Å². The molecule has 130 valence electrons. The van der Waals surface area contributed by atoms with Gasteiger partial charge in [0.05, 0.1) is 30.5 Å². The van der Waals surface area contributed by atoms with Crippen molar-refractivity contribution in [3.05, 3.63) is 76.4 Å². The molecule has 0 atom stereocenters. The Kier molecular flexibility index (Phi) is 3.92. The van der Waals surface area contributed by atoms with Crippen LogP contribution in [0.3, 0.4) is 0 Å². The lowest BCUT2D eigenvalue weighted by atomic mass is 10.0. The molecule has 1 N–H and O–H groups in total. The summed E-state index contributed by atoms with van der Waals surface area (Å²) in [7, 11) is 0. The minimum atomic E-state index is -0.189. The third-order valence-electron chi connectivity index (χ3n) is 4.05. The Morgan fingerprint density at radius 1 is 1.19 bits per heavy atom. The highest BCUT2D eigenvalue weighted by Gasteiger charge is 2.15. The summed E-state index contributed by atoms with van der Waals surface area (Å²) in [6.07, 6.45) is 6.89. The third-order valence-corrected chi connectivity index (χ3v) is 4.05. The zero-order valence-corrected chi connectivity index (χ0v) is 14.4. The number of nitrogens with zero attached hydrogens (tertiary/aromatic N) is 6.